The predicted octanol–water partition coefficient (Wildman–Crippen LogP) is 4.67. The molecule has 0 bridgehead atoms. The maximum Gasteiger partial charge on any atom is 0.306 e. The number of nitrogens with zero attached hydrogens (tertiary/aromatic N) is 1. The van der Waals surface area contributed by atoms with Gasteiger partial charge in [0.05, 0.1) is 21.1 Å². The van der Waals surface area contributed by atoms with Crippen LogP contribution in [0.5, 0.6) is 0 Å². The molecule has 0 aromatic rings. The van der Waals surface area contributed by atoms with Gasteiger partial charge >= 0.3 is 5.97 Å². The largest absolute Gasteiger partial charge is 0.550 e. The lowest BCUT2D eigenvalue weighted by Crippen LogP contribution is -2.45. The number of carboxylic acids is 1. The van der Waals surface area contributed by atoms with Crippen LogP contribution in [0.3, 0.4) is 0 Å². The number of hydrogen-bond acceptors (Lipinski definition) is 4. The molecule has 0 aromatic heterocycles. The Morgan fingerprint density at radius 3 is 1.72 bits per heavy atom. The monoisotopic (exact) mass is 445 g/mol. The van der Waals surface area contributed by atoms with Crippen molar-refractivity contribution in [3.05, 3.63) is 60.8 Å². The number of aliphatic carboxylic acids is 1. The van der Waals surface area contributed by atoms with E-state index in [1.165, 1.54) is 0 Å². The van der Waals surface area contributed by atoms with Crippen molar-refractivity contribution in [1.29, 1.82) is 0 Å². The lowest BCUT2D eigenvalue weighted by atomic mass is 10.2. The molecule has 32 heavy (non-hydrogen) atoms. The number of esters is 1. The summed E-state index contributed by atoms with van der Waals surface area (Å²) in [5.74, 6) is -1.55. The molecule has 0 saturated carbocycles. The fourth-order valence-corrected chi connectivity index (χ4v) is 2.92. The van der Waals surface area contributed by atoms with E-state index in [0.29, 0.717) is 17.4 Å². The molecule has 180 valence electrons. The molecule has 5 heteroatoms. The number of carboxylic acid groups (broad SMARTS) is 1. The van der Waals surface area contributed by atoms with Gasteiger partial charge in [0.15, 0.2) is 6.10 Å². The number of likely N-dealkylation sites (N-methyl/N-ethyl adjacent to an activating group) is 1. The number of unbranched alkanes of at least 4 members (excludes halogenated alkanes) is 1. The van der Waals surface area contributed by atoms with Gasteiger partial charge in [-0.1, -0.05) is 67.7 Å². The molecule has 0 aromatic carbocycles. The van der Waals surface area contributed by atoms with Crippen molar-refractivity contribution < 1.29 is 23.9 Å². The van der Waals surface area contributed by atoms with Crippen LogP contribution in [0.4, 0.5) is 0 Å². The first kappa shape index (κ1) is 29.6. The lowest BCUT2D eigenvalue weighted by Gasteiger charge is -2.29. The van der Waals surface area contributed by atoms with E-state index in [-0.39, 0.29) is 18.8 Å². The normalized spacial score (nSPS) is 13.9. The minimum atomic E-state index is -1.20. The standard InChI is InChI=1S/C27H43NO4/c1-5-6-7-8-9-10-11-12-13-14-15-16-17-18-19-20-21-22-27(31)32-25(23-26(29)30)24-28(2,3)4/h6-7,9-10,12-13,15-16,18-19,25H,5,8,11,14,17,20-24H2,1-4H3/b7-6+,10-9+,13-12+,16-15+,19-18+. The molecule has 1 unspecified atom stereocenters. The molecule has 0 saturated heterocycles. The Labute approximate surface area is 195 Å². The van der Waals surface area contributed by atoms with E-state index < -0.39 is 12.1 Å². The Kier molecular flexibility index (Phi) is 17.9. The molecule has 0 amide bonds. The van der Waals surface area contributed by atoms with Crippen LogP contribution in [0.1, 0.15) is 64.7 Å². The van der Waals surface area contributed by atoms with E-state index in [4.69, 9.17) is 4.74 Å². The third-order valence-corrected chi connectivity index (χ3v) is 4.35. The quantitative estimate of drug-likeness (QED) is 0.133. The van der Waals surface area contributed by atoms with Crippen LogP contribution in [0.2, 0.25) is 0 Å². The number of carbonyl (C=O) groups excluding carboxylic acids is 2. The van der Waals surface area contributed by atoms with Crippen molar-refractivity contribution in [2.24, 2.45) is 0 Å². The topological polar surface area (TPSA) is 66.4 Å². The van der Waals surface area contributed by atoms with Gasteiger partial charge in [-0.05, 0) is 44.9 Å². The van der Waals surface area contributed by atoms with Crippen LogP contribution in [0.15, 0.2) is 60.8 Å². The van der Waals surface area contributed by atoms with E-state index in [1.54, 1.807) is 0 Å². The van der Waals surface area contributed by atoms with Crippen molar-refractivity contribution >= 4 is 11.9 Å². The second-order valence-electron chi connectivity index (χ2n) is 8.76. The minimum absolute atomic E-state index is 0.268. The molecule has 0 aliphatic heterocycles. The van der Waals surface area contributed by atoms with Crippen molar-refractivity contribution in [2.45, 2.75) is 70.8 Å². The van der Waals surface area contributed by atoms with Crippen molar-refractivity contribution in [2.75, 3.05) is 27.7 Å². The Morgan fingerprint density at radius 1 is 0.812 bits per heavy atom. The zero-order chi connectivity index (χ0) is 24.1. The number of rotatable bonds is 18. The average molecular weight is 446 g/mol. The summed E-state index contributed by atoms with van der Waals surface area (Å²) in [4.78, 5) is 22.9. The number of hydrogen-bond donors (Lipinski definition) is 0. The average Bonchev–Trinajstić information content (AvgIpc) is 2.68. The van der Waals surface area contributed by atoms with E-state index in [9.17, 15) is 14.7 Å². The van der Waals surface area contributed by atoms with Crippen LogP contribution >= 0.6 is 0 Å². The fourth-order valence-electron chi connectivity index (χ4n) is 2.92. The summed E-state index contributed by atoms with van der Waals surface area (Å²) in [6, 6.07) is 0. The van der Waals surface area contributed by atoms with Crippen molar-refractivity contribution in [3.8, 4) is 0 Å². The van der Waals surface area contributed by atoms with Gasteiger partial charge in [-0.25, -0.2) is 0 Å². The lowest BCUT2D eigenvalue weighted by molar-refractivity contribution is -0.873. The maximum atomic E-state index is 12.0. The van der Waals surface area contributed by atoms with E-state index in [0.717, 1.165) is 38.5 Å². The molecule has 0 aliphatic rings. The number of carbonyl (C=O) groups is 2. The van der Waals surface area contributed by atoms with Gasteiger partial charge in [-0.3, -0.25) is 4.79 Å². The third-order valence-electron chi connectivity index (χ3n) is 4.35. The summed E-state index contributed by atoms with van der Waals surface area (Å²) in [6.45, 7) is 2.58. The molecule has 0 radical (unpaired) electrons. The summed E-state index contributed by atoms with van der Waals surface area (Å²) in [7, 11) is 5.78. The van der Waals surface area contributed by atoms with Gasteiger partial charge in [-0.15, -0.1) is 0 Å². The molecule has 0 heterocycles. The van der Waals surface area contributed by atoms with Crippen LogP contribution in [0, 0.1) is 0 Å². The first-order valence-electron chi connectivity index (χ1n) is 11.7. The van der Waals surface area contributed by atoms with Crippen LogP contribution in [0.25, 0.3) is 0 Å². The number of ether oxygens (including phenoxy) is 1. The highest BCUT2D eigenvalue weighted by molar-refractivity contribution is 5.70. The molecule has 5 nitrogen and oxygen atoms in total. The van der Waals surface area contributed by atoms with Gasteiger partial charge in [-0.2, -0.15) is 0 Å². The zero-order valence-electron chi connectivity index (χ0n) is 20.5. The van der Waals surface area contributed by atoms with E-state index in [1.807, 2.05) is 21.1 Å². The first-order chi connectivity index (χ1) is 15.2. The van der Waals surface area contributed by atoms with Gasteiger partial charge in [0, 0.05) is 18.8 Å². The van der Waals surface area contributed by atoms with Crippen LogP contribution in [-0.2, 0) is 14.3 Å². The zero-order valence-corrected chi connectivity index (χ0v) is 20.5. The Hall–Kier alpha value is -2.40. The van der Waals surface area contributed by atoms with E-state index >= 15 is 0 Å². The van der Waals surface area contributed by atoms with Crippen LogP contribution < -0.4 is 5.11 Å². The summed E-state index contributed by atoms with van der Waals surface area (Å²) >= 11 is 0. The molecule has 0 rings (SSSR count). The van der Waals surface area contributed by atoms with Crippen molar-refractivity contribution in [1.82, 2.24) is 0 Å². The summed E-state index contributed by atoms with van der Waals surface area (Å²) in [5.41, 5.74) is 0. The van der Waals surface area contributed by atoms with Gasteiger partial charge in [0.25, 0.3) is 0 Å². The third kappa shape index (κ3) is 22.3. The second-order valence-corrected chi connectivity index (χ2v) is 8.76. The smallest absolute Gasteiger partial charge is 0.306 e. The molecule has 0 spiro atoms. The molecule has 1 atom stereocenters. The first-order valence-corrected chi connectivity index (χ1v) is 11.7. The molecule has 0 aliphatic carbocycles. The number of quaternary nitrogens is 1. The summed E-state index contributed by atoms with van der Waals surface area (Å²) < 4.78 is 5.86. The predicted molar refractivity (Wildman–Crippen MR) is 131 cm³/mol. The summed E-state index contributed by atoms with van der Waals surface area (Å²) in [5, 5.41) is 10.9. The highest BCUT2D eigenvalue weighted by atomic mass is 16.5. The van der Waals surface area contributed by atoms with Crippen molar-refractivity contribution in [3.63, 3.8) is 0 Å². The molecule has 0 fully saturated rings. The molecular formula is C27H43NO4. The Morgan fingerprint density at radius 2 is 1.28 bits per heavy atom. The van der Waals surface area contributed by atoms with Crippen LogP contribution in [-0.4, -0.2) is 50.2 Å². The highest BCUT2D eigenvalue weighted by Gasteiger charge is 2.22. The molecule has 0 N–H and O–H groups in total. The Balaban J connectivity index is 3.89. The minimum Gasteiger partial charge on any atom is -0.550 e. The fraction of sp³-hybridized carbons (Fsp3) is 0.556. The Bertz CT molecular complexity index is 651. The summed E-state index contributed by atoms with van der Waals surface area (Å²) in [6.07, 6.45) is 27.3. The highest BCUT2D eigenvalue weighted by Crippen LogP contribution is 2.08. The van der Waals surface area contributed by atoms with E-state index in [2.05, 4.69) is 67.7 Å². The SMILES string of the molecule is CC/C=C/C/C=C/C/C=C/C/C=C/C/C=C/CCCC(=O)OC(CC(=O)[O-])C[N+](C)(C)C. The number of allylic oxidation sites excluding steroid dienone is 10. The second kappa shape index (κ2) is 19.3. The maximum absolute atomic E-state index is 12.0. The van der Waals surface area contributed by atoms with Gasteiger partial charge in [0.1, 0.15) is 6.54 Å². The molecular weight excluding hydrogens is 402 g/mol. The van der Waals surface area contributed by atoms with Gasteiger partial charge < -0.3 is 19.1 Å². The van der Waals surface area contributed by atoms with Gasteiger partial charge in [0.2, 0.25) is 0 Å².